The van der Waals surface area contributed by atoms with Gasteiger partial charge in [0.2, 0.25) is 0 Å². The average molecular weight is 194 g/mol. The Hall–Kier alpha value is -1.51. The summed E-state index contributed by atoms with van der Waals surface area (Å²) < 4.78 is 13.0. The molecule has 0 fully saturated rings. The van der Waals surface area contributed by atoms with E-state index in [9.17, 15) is 4.39 Å². The fourth-order valence-corrected chi connectivity index (χ4v) is 1.10. The van der Waals surface area contributed by atoms with Crippen molar-refractivity contribution in [1.29, 1.82) is 0 Å². The maximum absolute atomic E-state index is 13.0. The van der Waals surface area contributed by atoms with E-state index in [0.29, 0.717) is 17.8 Å². The molecule has 0 atom stereocenters. The summed E-state index contributed by atoms with van der Waals surface area (Å²) in [6.07, 6.45) is 0. The lowest BCUT2D eigenvalue weighted by Crippen LogP contribution is -2.05. The van der Waals surface area contributed by atoms with Gasteiger partial charge in [0.05, 0.1) is 11.4 Å². The number of nitrogens with one attached hydrogen (secondary N) is 1. The van der Waals surface area contributed by atoms with Gasteiger partial charge in [0.1, 0.15) is 5.82 Å². The molecule has 1 rings (SSSR count). The third-order valence-electron chi connectivity index (χ3n) is 1.91. The normalized spacial score (nSPS) is 9.93. The monoisotopic (exact) mass is 194 g/mol. The van der Waals surface area contributed by atoms with Crippen molar-refractivity contribution in [1.82, 2.24) is 0 Å². The van der Waals surface area contributed by atoms with E-state index < -0.39 is 0 Å². The lowest BCUT2D eigenvalue weighted by atomic mass is 10.1. The molecule has 0 unspecified atom stereocenters. The van der Waals surface area contributed by atoms with Crippen LogP contribution in [0.15, 0.2) is 24.3 Å². The molecule has 0 aliphatic carbocycles. The Kier molecular flexibility index (Phi) is 3.12. The molecule has 1 aromatic rings. The van der Waals surface area contributed by atoms with Crippen LogP contribution in [-0.4, -0.2) is 6.54 Å². The molecule has 0 radical (unpaired) electrons. The predicted molar refractivity (Wildman–Crippen MR) is 58.9 cm³/mol. The van der Waals surface area contributed by atoms with Crippen LogP contribution in [0.1, 0.15) is 12.5 Å². The molecule has 0 bridgehead atoms. The van der Waals surface area contributed by atoms with E-state index in [1.54, 1.807) is 13.0 Å². The van der Waals surface area contributed by atoms with Crippen LogP contribution in [0.25, 0.3) is 0 Å². The summed E-state index contributed by atoms with van der Waals surface area (Å²) in [4.78, 5) is 0. The first kappa shape index (κ1) is 10.6. The van der Waals surface area contributed by atoms with Gasteiger partial charge in [0, 0.05) is 6.54 Å². The first-order chi connectivity index (χ1) is 6.50. The van der Waals surface area contributed by atoms with Crippen LogP contribution in [0.4, 0.5) is 15.8 Å². The minimum absolute atomic E-state index is 0.275. The van der Waals surface area contributed by atoms with Gasteiger partial charge in [-0.05, 0) is 31.5 Å². The highest BCUT2D eigenvalue weighted by atomic mass is 19.1. The van der Waals surface area contributed by atoms with Crippen molar-refractivity contribution >= 4 is 11.4 Å². The highest BCUT2D eigenvalue weighted by Gasteiger charge is 2.03. The number of aryl methyl sites for hydroxylation is 1. The Morgan fingerprint density at radius 2 is 2.21 bits per heavy atom. The molecule has 0 aliphatic rings. The van der Waals surface area contributed by atoms with E-state index in [1.165, 1.54) is 6.07 Å². The quantitative estimate of drug-likeness (QED) is 0.573. The number of hydrogen-bond donors (Lipinski definition) is 2. The SMILES string of the molecule is C=C(C)CNc1cc(C)c(F)cc1N. The van der Waals surface area contributed by atoms with Crippen LogP contribution >= 0.6 is 0 Å². The van der Waals surface area contributed by atoms with Gasteiger partial charge in [-0.2, -0.15) is 0 Å². The standard InChI is InChI=1S/C11H15FN2/c1-7(2)6-14-11-4-8(3)9(12)5-10(11)13/h4-5,14H,1,6,13H2,2-3H3. The average Bonchev–Trinajstić information content (AvgIpc) is 2.09. The number of nitrogens with two attached hydrogens (primary N) is 1. The zero-order valence-corrected chi connectivity index (χ0v) is 8.52. The van der Waals surface area contributed by atoms with Crippen LogP contribution in [0.5, 0.6) is 0 Å². The second-order valence-electron chi connectivity index (χ2n) is 3.50. The van der Waals surface area contributed by atoms with Crippen molar-refractivity contribution < 1.29 is 4.39 Å². The highest BCUT2D eigenvalue weighted by Crippen LogP contribution is 2.22. The van der Waals surface area contributed by atoms with Crippen LogP contribution in [-0.2, 0) is 0 Å². The first-order valence-corrected chi connectivity index (χ1v) is 4.44. The van der Waals surface area contributed by atoms with E-state index in [2.05, 4.69) is 11.9 Å². The molecule has 1 aromatic carbocycles. The Labute approximate surface area is 83.6 Å². The van der Waals surface area contributed by atoms with Gasteiger partial charge >= 0.3 is 0 Å². The van der Waals surface area contributed by atoms with Gasteiger partial charge in [0.25, 0.3) is 0 Å². The lowest BCUT2D eigenvalue weighted by Gasteiger charge is -2.10. The zero-order valence-electron chi connectivity index (χ0n) is 8.52. The summed E-state index contributed by atoms with van der Waals surface area (Å²) in [7, 11) is 0. The third-order valence-corrected chi connectivity index (χ3v) is 1.91. The van der Waals surface area contributed by atoms with E-state index in [4.69, 9.17) is 5.73 Å². The summed E-state index contributed by atoms with van der Waals surface area (Å²) in [5.74, 6) is -0.275. The van der Waals surface area contributed by atoms with Crippen molar-refractivity contribution in [2.45, 2.75) is 13.8 Å². The van der Waals surface area contributed by atoms with E-state index in [-0.39, 0.29) is 5.82 Å². The van der Waals surface area contributed by atoms with Gasteiger partial charge in [-0.3, -0.25) is 0 Å². The summed E-state index contributed by atoms with van der Waals surface area (Å²) >= 11 is 0. The molecule has 76 valence electrons. The van der Waals surface area contributed by atoms with Gasteiger partial charge in [-0.15, -0.1) is 0 Å². The van der Waals surface area contributed by atoms with Crippen molar-refractivity contribution in [2.24, 2.45) is 0 Å². The number of hydrogen-bond acceptors (Lipinski definition) is 2. The molecule has 0 saturated carbocycles. The molecule has 0 amide bonds. The molecular weight excluding hydrogens is 179 g/mol. The van der Waals surface area contributed by atoms with Gasteiger partial charge in [-0.1, -0.05) is 12.2 Å². The molecular formula is C11H15FN2. The van der Waals surface area contributed by atoms with Crippen LogP contribution in [0.2, 0.25) is 0 Å². The smallest absolute Gasteiger partial charge is 0.128 e. The van der Waals surface area contributed by atoms with Gasteiger partial charge in [0.15, 0.2) is 0 Å². The van der Waals surface area contributed by atoms with Crippen molar-refractivity contribution in [2.75, 3.05) is 17.6 Å². The third kappa shape index (κ3) is 2.49. The van der Waals surface area contributed by atoms with Crippen LogP contribution in [0.3, 0.4) is 0 Å². The zero-order chi connectivity index (χ0) is 10.7. The summed E-state index contributed by atoms with van der Waals surface area (Å²) in [6.45, 7) is 8.04. The molecule has 0 spiro atoms. The summed E-state index contributed by atoms with van der Waals surface area (Å²) in [5.41, 5.74) is 8.42. The van der Waals surface area contributed by atoms with E-state index in [1.807, 2.05) is 6.92 Å². The molecule has 2 nitrogen and oxygen atoms in total. The number of halogens is 1. The molecule has 3 heteroatoms. The van der Waals surface area contributed by atoms with Gasteiger partial charge in [-0.25, -0.2) is 4.39 Å². The topological polar surface area (TPSA) is 38.0 Å². The van der Waals surface area contributed by atoms with E-state index >= 15 is 0 Å². The minimum Gasteiger partial charge on any atom is -0.397 e. The number of nitrogen functional groups attached to an aromatic ring is 1. The highest BCUT2D eigenvalue weighted by molar-refractivity contribution is 5.67. The van der Waals surface area contributed by atoms with Crippen molar-refractivity contribution in [3.8, 4) is 0 Å². The fourth-order valence-electron chi connectivity index (χ4n) is 1.10. The van der Waals surface area contributed by atoms with E-state index in [0.717, 1.165) is 11.3 Å². The summed E-state index contributed by atoms with van der Waals surface area (Å²) in [6, 6.07) is 3.03. The Morgan fingerprint density at radius 1 is 1.57 bits per heavy atom. The Bertz CT molecular complexity index is 359. The maximum atomic E-state index is 13.0. The molecule has 0 heterocycles. The number of anilines is 2. The largest absolute Gasteiger partial charge is 0.397 e. The van der Waals surface area contributed by atoms with Crippen molar-refractivity contribution in [3.63, 3.8) is 0 Å². The second kappa shape index (κ2) is 4.13. The molecule has 0 saturated heterocycles. The predicted octanol–water partition coefficient (Wildman–Crippen LogP) is 2.70. The molecule has 0 aromatic heterocycles. The fraction of sp³-hybridized carbons (Fsp3) is 0.273. The minimum atomic E-state index is -0.275. The van der Waals surface area contributed by atoms with Crippen LogP contribution in [0, 0.1) is 12.7 Å². The number of benzene rings is 1. The van der Waals surface area contributed by atoms with Crippen molar-refractivity contribution in [3.05, 3.63) is 35.7 Å². The lowest BCUT2D eigenvalue weighted by molar-refractivity contribution is 0.619. The number of rotatable bonds is 3. The molecule has 0 aliphatic heterocycles. The first-order valence-electron chi connectivity index (χ1n) is 4.44. The van der Waals surface area contributed by atoms with Gasteiger partial charge < -0.3 is 11.1 Å². The summed E-state index contributed by atoms with van der Waals surface area (Å²) in [5, 5.41) is 3.09. The Morgan fingerprint density at radius 3 is 2.79 bits per heavy atom. The second-order valence-corrected chi connectivity index (χ2v) is 3.50. The van der Waals surface area contributed by atoms with Crippen LogP contribution < -0.4 is 11.1 Å². The Balaban J connectivity index is 2.87. The maximum Gasteiger partial charge on any atom is 0.128 e. The molecule has 14 heavy (non-hydrogen) atoms. The molecule has 3 N–H and O–H groups in total.